The van der Waals surface area contributed by atoms with Gasteiger partial charge < -0.3 is 14.8 Å². The average molecular weight is 339 g/mol. The van der Waals surface area contributed by atoms with Gasteiger partial charge in [-0.25, -0.2) is 9.78 Å². The fraction of sp³-hybridized carbons (Fsp3) is 0.294. The normalized spacial score (nSPS) is 14.0. The summed E-state index contributed by atoms with van der Waals surface area (Å²) in [7, 11) is 0. The van der Waals surface area contributed by atoms with E-state index in [9.17, 15) is 15.0 Å². The van der Waals surface area contributed by atoms with E-state index in [1.807, 2.05) is 6.07 Å². The summed E-state index contributed by atoms with van der Waals surface area (Å²) in [6.07, 6.45) is 9.04. The molecule has 2 N–H and O–H groups in total. The van der Waals surface area contributed by atoms with Crippen molar-refractivity contribution in [2.45, 2.75) is 32.0 Å². The number of imidazole rings is 1. The van der Waals surface area contributed by atoms with Crippen LogP contribution in [0.4, 0.5) is 0 Å². The van der Waals surface area contributed by atoms with E-state index in [4.69, 9.17) is 0 Å². The first kappa shape index (κ1) is 15.5. The number of hydrogen-bond acceptors (Lipinski definition) is 5. The summed E-state index contributed by atoms with van der Waals surface area (Å²) in [5.74, 6) is -1.03. The molecule has 25 heavy (non-hydrogen) atoms. The number of aromatic carboxylic acids is 1. The molecule has 1 atom stereocenters. The Labute approximate surface area is 143 Å². The van der Waals surface area contributed by atoms with Gasteiger partial charge in [0, 0.05) is 35.9 Å². The number of aromatic nitrogens is 5. The van der Waals surface area contributed by atoms with Crippen LogP contribution in [0.5, 0.6) is 0 Å². The van der Waals surface area contributed by atoms with Crippen molar-refractivity contribution in [3.05, 3.63) is 54.0 Å². The highest BCUT2D eigenvalue weighted by atomic mass is 16.4. The van der Waals surface area contributed by atoms with E-state index in [1.165, 1.54) is 4.68 Å². The van der Waals surface area contributed by atoms with Crippen molar-refractivity contribution in [2.75, 3.05) is 0 Å². The van der Waals surface area contributed by atoms with Gasteiger partial charge in [-0.05, 0) is 24.5 Å². The Hall–Kier alpha value is -3.00. The zero-order valence-electron chi connectivity index (χ0n) is 13.4. The van der Waals surface area contributed by atoms with E-state index in [1.54, 1.807) is 35.7 Å². The molecular weight excluding hydrogens is 322 g/mol. The summed E-state index contributed by atoms with van der Waals surface area (Å²) < 4.78 is 3.15. The van der Waals surface area contributed by atoms with E-state index in [0.29, 0.717) is 18.7 Å². The smallest absolute Gasteiger partial charge is 0.354 e. The predicted molar refractivity (Wildman–Crippen MR) is 88.1 cm³/mol. The number of rotatable bonds is 5. The lowest BCUT2D eigenvalue weighted by Gasteiger charge is -2.14. The lowest BCUT2D eigenvalue weighted by Crippen LogP contribution is -2.24. The van der Waals surface area contributed by atoms with E-state index in [-0.39, 0.29) is 12.2 Å². The Morgan fingerprint density at radius 3 is 2.88 bits per heavy atom. The number of carboxylic acid groups (broad SMARTS) is 1. The third kappa shape index (κ3) is 2.80. The maximum absolute atomic E-state index is 11.8. The molecule has 0 bridgehead atoms. The van der Waals surface area contributed by atoms with Crippen LogP contribution in [-0.4, -0.2) is 46.6 Å². The molecule has 1 aliphatic rings. The summed E-state index contributed by atoms with van der Waals surface area (Å²) >= 11 is 0. The molecule has 8 heteroatoms. The van der Waals surface area contributed by atoms with Gasteiger partial charge in [0.1, 0.15) is 5.69 Å². The van der Waals surface area contributed by atoms with Crippen LogP contribution in [-0.2, 0) is 25.9 Å². The second-order valence-corrected chi connectivity index (χ2v) is 6.11. The summed E-state index contributed by atoms with van der Waals surface area (Å²) in [5, 5.41) is 24.5. The predicted octanol–water partition coefficient (Wildman–Crippen LogP) is 0.999. The maximum atomic E-state index is 11.8. The lowest BCUT2D eigenvalue weighted by atomic mass is 9.90. The van der Waals surface area contributed by atoms with Crippen molar-refractivity contribution in [3.8, 4) is 11.3 Å². The molecule has 0 fully saturated rings. The van der Waals surface area contributed by atoms with Crippen LogP contribution in [0.25, 0.3) is 11.3 Å². The van der Waals surface area contributed by atoms with E-state index < -0.39 is 12.1 Å². The minimum atomic E-state index is -1.03. The molecule has 0 aromatic carbocycles. The number of aryl methyl sites for hydroxylation is 1. The SMILES string of the molecule is O=C(O)c1c2c(nn1CC(O)Cn1ccnc1)-c1ccncc1CC2. The fourth-order valence-electron chi connectivity index (χ4n) is 3.34. The molecule has 0 amide bonds. The summed E-state index contributed by atoms with van der Waals surface area (Å²) in [6.45, 7) is 0.428. The number of aliphatic hydroxyl groups is 1. The van der Waals surface area contributed by atoms with Crippen molar-refractivity contribution >= 4 is 5.97 Å². The summed E-state index contributed by atoms with van der Waals surface area (Å²) in [6, 6.07) is 1.86. The van der Waals surface area contributed by atoms with Crippen molar-refractivity contribution in [3.63, 3.8) is 0 Å². The first-order chi connectivity index (χ1) is 12.1. The molecule has 128 valence electrons. The maximum Gasteiger partial charge on any atom is 0.354 e. The average Bonchev–Trinajstić information content (AvgIpc) is 3.21. The van der Waals surface area contributed by atoms with Gasteiger partial charge in [-0.3, -0.25) is 9.67 Å². The van der Waals surface area contributed by atoms with E-state index in [0.717, 1.165) is 23.1 Å². The topological polar surface area (TPSA) is 106 Å². The van der Waals surface area contributed by atoms with Crippen LogP contribution in [0.3, 0.4) is 0 Å². The number of pyridine rings is 1. The van der Waals surface area contributed by atoms with Crippen LogP contribution in [0.2, 0.25) is 0 Å². The quantitative estimate of drug-likeness (QED) is 0.718. The number of hydrogen-bond donors (Lipinski definition) is 2. The third-order valence-electron chi connectivity index (χ3n) is 4.42. The first-order valence-corrected chi connectivity index (χ1v) is 8.03. The molecule has 0 aliphatic heterocycles. The molecular formula is C17H17N5O3. The molecule has 1 unspecified atom stereocenters. The van der Waals surface area contributed by atoms with Gasteiger partial charge in [-0.1, -0.05) is 0 Å². The minimum Gasteiger partial charge on any atom is -0.477 e. The molecule has 4 rings (SSSR count). The number of carboxylic acids is 1. The van der Waals surface area contributed by atoms with Crippen LogP contribution < -0.4 is 0 Å². The number of fused-ring (bicyclic) bond motifs is 3. The Morgan fingerprint density at radius 1 is 1.24 bits per heavy atom. The van der Waals surface area contributed by atoms with Crippen LogP contribution in [0.1, 0.15) is 21.6 Å². The molecule has 0 spiro atoms. The van der Waals surface area contributed by atoms with Crippen LogP contribution in [0, 0.1) is 0 Å². The zero-order chi connectivity index (χ0) is 17.4. The second-order valence-electron chi connectivity index (χ2n) is 6.11. The summed E-state index contributed by atoms with van der Waals surface area (Å²) in [5.41, 5.74) is 3.54. The molecule has 3 aromatic rings. The van der Waals surface area contributed by atoms with Gasteiger partial charge in [0.05, 0.1) is 31.2 Å². The Morgan fingerprint density at radius 2 is 2.12 bits per heavy atom. The molecule has 8 nitrogen and oxygen atoms in total. The highest BCUT2D eigenvalue weighted by Gasteiger charge is 2.28. The molecule has 0 saturated carbocycles. The number of aliphatic hydroxyl groups excluding tert-OH is 1. The molecule has 1 aliphatic carbocycles. The largest absolute Gasteiger partial charge is 0.477 e. The molecule has 3 heterocycles. The highest BCUT2D eigenvalue weighted by Crippen LogP contribution is 2.34. The van der Waals surface area contributed by atoms with Crippen LogP contribution in [0.15, 0.2) is 37.2 Å². The van der Waals surface area contributed by atoms with Crippen molar-refractivity contribution in [1.29, 1.82) is 0 Å². The second kappa shape index (κ2) is 6.14. The van der Waals surface area contributed by atoms with Crippen molar-refractivity contribution in [1.82, 2.24) is 24.3 Å². The Balaban J connectivity index is 1.69. The Kier molecular flexibility index (Phi) is 3.81. The monoisotopic (exact) mass is 339 g/mol. The highest BCUT2D eigenvalue weighted by molar-refractivity contribution is 5.90. The van der Waals surface area contributed by atoms with Crippen molar-refractivity contribution < 1.29 is 15.0 Å². The van der Waals surface area contributed by atoms with Gasteiger partial charge in [0.15, 0.2) is 0 Å². The first-order valence-electron chi connectivity index (χ1n) is 8.03. The minimum absolute atomic E-state index is 0.104. The van der Waals surface area contributed by atoms with E-state index >= 15 is 0 Å². The fourth-order valence-corrected chi connectivity index (χ4v) is 3.34. The van der Waals surface area contributed by atoms with Gasteiger partial charge in [0.25, 0.3) is 0 Å². The lowest BCUT2D eigenvalue weighted by molar-refractivity contribution is 0.0672. The molecule has 0 saturated heterocycles. The number of carbonyl (C=O) groups is 1. The molecule has 3 aromatic heterocycles. The van der Waals surface area contributed by atoms with Gasteiger partial charge in [-0.15, -0.1) is 0 Å². The Bertz CT molecular complexity index is 917. The van der Waals surface area contributed by atoms with Crippen molar-refractivity contribution in [2.24, 2.45) is 0 Å². The number of nitrogens with zero attached hydrogens (tertiary/aromatic N) is 5. The van der Waals surface area contributed by atoms with Gasteiger partial charge in [-0.2, -0.15) is 5.10 Å². The third-order valence-corrected chi connectivity index (χ3v) is 4.42. The summed E-state index contributed by atoms with van der Waals surface area (Å²) in [4.78, 5) is 19.9. The standard InChI is InChI=1S/C17H17N5O3/c23-12(8-21-6-5-19-10-21)9-22-16(17(24)25)14-2-1-11-7-18-4-3-13(11)15(14)20-22/h3-7,10,12,23H,1-2,8-9H2,(H,24,25). The van der Waals surface area contributed by atoms with Gasteiger partial charge in [0.2, 0.25) is 0 Å². The zero-order valence-corrected chi connectivity index (χ0v) is 13.4. The van der Waals surface area contributed by atoms with E-state index in [2.05, 4.69) is 15.1 Å². The van der Waals surface area contributed by atoms with Gasteiger partial charge >= 0.3 is 5.97 Å². The van der Waals surface area contributed by atoms with Crippen LogP contribution >= 0.6 is 0 Å². The molecule has 0 radical (unpaired) electrons.